The van der Waals surface area contributed by atoms with E-state index in [9.17, 15) is 24.0 Å². The molecular formula is C21H30N4O7. The molecule has 32 heavy (non-hydrogen) atoms. The normalized spacial score (nSPS) is 13.5. The molecule has 0 aliphatic carbocycles. The molecule has 11 heteroatoms. The van der Waals surface area contributed by atoms with Crippen molar-refractivity contribution in [3.8, 4) is 0 Å². The Kier molecular flexibility index (Phi) is 10.8. The fourth-order valence-electron chi connectivity index (χ4n) is 2.84. The number of amides is 3. The number of nitrogens with two attached hydrogens (primary N) is 1. The van der Waals surface area contributed by atoms with Gasteiger partial charge in [0, 0.05) is 6.42 Å². The van der Waals surface area contributed by atoms with E-state index in [0.717, 1.165) is 5.56 Å². The molecule has 0 saturated heterocycles. The smallest absolute Gasteiger partial charge is 0.322 e. The summed E-state index contributed by atoms with van der Waals surface area (Å²) >= 11 is 0. The van der Waals surface area contributed by atoms with Crippen molar-refractivity contribution in [1.82, 2.24) is 16.0 Å². The third kappa shape index (κ3) is 9.56. The van der Waals surface area contributed by atoms with E-state index in [-0.39, 0.29) is 18.8 Å². The zero-order valence-electron chi connectivity index (χ0n) is 18.0. The van der Waals surface area contributed by atoms with Gasteiger partial charge < -0.3 is 31.9 Å². The molecule has 3 atom stereocenters. The number of hydrogen-bond acceptors (Lipinski definition) is 6. The Morgan fingerprint density at radius 2 is 1.53 bits per heavy atom. The number of carbonyl (C=O) groups excluding carboxylic acids is 3. The summed E-state index contributed by atoms with van der Waals surface area (Å²) in [4.78, 5) is 59.1. The van der Waals surface area contributed by atoms with Gasteiger partial charge in [0.05, 0.1) is 6.04 Å². The number of carboxylic acids is 2. The van der Waals surface area contributed by atoms with Crippen molar-refractivity contribution in [3.63, 3.8) is 0 Å². The predicted octanol–water partition coefficient (Wildman–Crippen LogP) is -0.752. The zero-order chi connectivity index (χ0) is 24.3. The predicted molar refractivity (Wildman–Crippen MR) is 114 cm³/mol. The van der Waals surface area contributed by atoms with E-state index < -0.39 is 60.8 Å². The Bertz CT molecular complexity index is 814. The SMILES string of the molecule is CC(C)[C@H](NC(=O)[C@@H](N)Cc1ccccc1)C(=O)N[C@@H](CCC(=O)O)C(=O)NCC(=O)O. The highest BCUT2D eigenvalue weighted by Gasteiger charge is 2.30. The lowest BCUT2D eigenvalue weighted by Gasteiger charge is -2.26. The van der Waals surface area contributed by atoms with Gasteiger partial charge in [-0.2, -0.15) is 0 Å². The highest BCUT2D eigenvalue weighted by molar-refractivity contribution is 5.94. The van der Waals surface area contributed by atoms with Gasteiger partial charge in [-0.25, -0.2) is 0 Å². The number of carboxylic acid groups (broad SMARTS) is 2. The first-order valence-electron chi connectivity index (χ1n) is 10.1. The van der Waals surface area contributed by atoms with Crippen LogP contribution < -0.4 is 21.7 Å². The maximum atomic E-state index is 12.8. The molecule has 0 aliphatic rings. The minimum atomic E-state index is -1.29. The largest absolute Gasteiger partial charge is 0.481 e. The summed E-state index contributed by atoms with van der Waals surface area (Å²) in [6.45, 7) is 2.69. The Morgan fingerprint density at radius 3 is 2.06 bits per heavy atom. The Hall–Kier alpha value is -3.47. The van der Waals surface area contributed by atoms with Crippen molar-refractivity contribution < 1.29 is 34.2 Å². The highest BCUT2D eigenvalue weighted by atomic mass is 16.4. The van der Waals surface area contributed by atoms with Crippen LogP contribution in [0.25, 0.3) is 0 Å². The Labute approximate surface area is 185 Å². The van der Waals surface area contributed by atoms with Crippen LogP contribution >= 0.6 is 0 Å². The topological polar surface area (TPSA) is 188 Å². The van der Waals surface area contributed by atoms with Crippen LogP contribution in [0.3, 0.4) is 0 Å². The molecule has 1 rings (SSSR count). The van der Waals surface area contributed by atoms with Crippen molar-refractivity contribution >= 4 is 29.7 Å². The van der Waals surface area contributed by atoms with Crippen molar-refractivity contribution in [2.24, 2.45) is 11.7 Å². The molecule has 1 aromatic carbocycles. The average molecular weight is 450 g/mol. The van der Waals surface area contributed by atoms with E-state index in [1.54, 1.807) is 13.8 Å². The molecule has 11 nitrogen and oxygen atoms in total. The molecule has 0 spiro atoms. The quantitative estimate of drug-likeness (QED) is 0.226. The lowest BCUT2D eigenvalue weighted by Crippen LogP contribution is -2.57. The number of nitrogens with one attached hydrogen (secondary N) is 3. The Balaban J connectivity index is 2.83. The second-order valence-corrected chi connectivity index (χ2v) is 7.63. The van der Waals surface area contributed by atoms with Crippen molar-refractivity contribution in [2.75, 3.05) is 6.54 Å². The third-order valence-corrected chi connectivity index (χ3v) is 4.58. The van der Waals surface area contributed by atoms with Crippen molar-refractivity contribution in [3.05, 3.63) is 35.9 Å². The lowest BCUT2D eigenvalue weighted by atomic mass is 10.0. The van der Waals surface area contributed by atoms with Crippen LogP contribution in [0.1, 0.15) is 32.3 Å². The molecule has 0 aromatic heterocycles. The van der Waals surface area contributed by atoms with Gasteiger partial charge in [-0.15, -0.1) is 0 Å². The van der Waals surface area contributed by atoms with E-state index in [1.807, 2.05) is 30.3 Å². The first-order chi connectivity index (χ1) is 15.0. The molecular weight excluding hydrogens is 420 g/mol. The molecule has 0 heterocycles. The molecule has 0 unspecified atom stereocenters. The van der Waals surface area contributed by atoms with E-state index in [1.165, 1.54) is 0 Å². The maximum absolute atomic E-state index is 12.8. The number of benzene rings is 1. The van der Waals surface area contributed by atoms with Crippen molar-refractivity contribution in [2.45, 2.75) is 51.2 Å². The molecule has 0 aliphatic heterocycles. The number of aliphatic carboxylic acids is 2. The van der Waals surface area contributed by atoms with E-state index in [0.29, 0.717) is 0 Å². The molecule has 7 N–H and O–H groups in total. The summed E-state index contributed by atoms with van der Waals surface area (Å²) in [6, 6.07) is 5.88. The first-order valence-corrected chi connectivity index (χ1v) is 10.1. The molecule has 1 aromatic rings. The van der Waals surface area contributed by atoms with Crippen LogP contribution in [0.2, 0.25) is 0 Å². The zero-order valence-corrected chi connectivity index (χ0v) is 18.0. The van der Waals surface area contributed by atoms with Gasteiger partial charge in [-0.3, -0.25) is 24.0 Å². The van der Waals surface area contributed by atoms with E-state index in [4.69, 9.17) is 15.9 Å². The molecule has 0 bridgehead atoms. The van der Waals surface area contributed by atoms with Gasteiger partial charge in [-0.1, -0.05) is 44.2 Å². The molecule has 3 amide bonds. The summed E-state index contributed by atoms with van der Waals surface area (Å²) in [7, 11) is 0. The van der Waals surface area contributed by atoms with Crippen LogP contribution in [-0.2, 0) is 30.4 Å². The number of carbonyl (C=O) groups is 5. The molecule has 0 radical (unpaired) electrons. The summed E-state index contributed by atoms with van der Waals surface area (Å²) in [5.41, 5.74) is 6.82. The number of rotatable bonds is 13. The summed E-state index contributed by atoms with van der Waals surface area (Å²) in [5.74, 6) is -4.94. The second-order valence-electron chi connectivity index (χ2n) is 7.63. The summed E-state index contributed by atoms with van der Waals surface area (Å²) in [5, 5.41) is 24.7. The van der Waals surface area contributed by atoms with Gasteiger partial charge in [0.2, 0.25) is 17.7 Å². The van der Waals surface area contributed by atoms with Gasteiger partial charge in [-0.05, 0) is 24.3 Å². The highest BCUT2D eigenvalue weighted by Crippen LogP contribution is 2.07. The molecule has 0 fully saturated rings. The maximum Gasteiger partial charge on any atom is 0.322 e. The minimum Gasteiger partial charge on any atom is -0.481 e. The Morgan fingerprint density at radius 1 is 0.906 bits per heavy atom. The van der Waals surface area contributed by atoms with Crippen LogP contribution in [0.5, 0.6) is 0 Å². The second kappa shape index (κ2) is 13.1. The monoisotopic (exact) mass is 450 g/mol. The van der Waals surface area contributed by atoms with Gasteiger partial charge in [0.15, 0.2) is 0 Å². The minimum absolute atomic E-state index is 0.251. The van der Waals surface area contributed by atoms with Gasteiger partial charge in [0.1, 0.15) is 18.6 Å². The third-order valence-electron chi connectivity index (χ3n) is 4.58. The standard InChI is InChI=1S/C21H30N4O7/c1-12(2)18(25-19(30)14(22)10-13-6-4-3-5-7-13)21(32)24-15(8-9-16(26)27)20(31)23-11-17(28)29/h3-7,12,14-15,18H,8-11,22H2,1-2H3,(H,23,31)(H,24,32)(H,25,30)(H,26,27)(H,28,29)/t14-,15-,18-/m0/s1. The van der Waals surface area contributed by atoms with Crippen LogP contribution in [0.15, 0.2) is 30.3 Å². The van der Waals surface area contributed by atoms with Crippen LogP contribution in [0, 0.1) is 5.92 Å². The van der Waals surface area contributed by atoms with Gasteiger partial charge in [0.25, 0.3) is 0 Å². The van der Waals surface area contributed by atoms with Crippen LogP contribution in [-0.4, -0.2) is 64.5 Å². The number of hydrogen-bond donors (Lipinski definition) is 6. The lowest BCUT2D eigenvalue weighted by molar-refractivity contribution is -0.140. The fourth-order valence-corrected chi connectivity index (χ4v) is 2.84. The molecule has 0 saturated carbocycles. The molecule has 176 valence electrons. The van der Waals surface area contributed by atoms with Crippen molar-refractivity contribution in [1.29, 1.82) is 0 Å². The first kappa shape index (κ1) is 26.6. The van der Waals surface area contributed by atoms with E-state index >= 15 is 0 Å². The summed E-state index contributed by atoms with van der Waals surface area (Å²) < 4.78 is 0. The average Bonchev–Trinajstić information content (AvgIpc) is 2.73. The summed E-state index contributed by atoms with van der Waals surface area (Å²) in [6.07, 6.45) is -0.414. The van der Waals surface area contributed by atoms with E-state index in [2.05, 4.69) is 16.0 Å². The van der Waals surface area contributed by atoms with Crippen LogP contribution in [0.4, 0.5) is 0 Å². The fraction of sp³-hybridized carbons (Fsp3) is 0.476. The van der Waals surface area contributed by atoms with Gasteiger partial charge >= 0.3 is 11.9 Å².